The number of ketones is 1. The number of nitrogens with one attached hydrogen (secondary N) is 1. The molecule has 0 aliphatic carbocycles. The van der Waals surface area contributed by atoms with Crippen LogP contribution >= 0.6 is 28.3 Å². The van der Waals surface area contributed by atoms with Gasteiger partial charge in [-0.1, -0.05) is 15.9 Å². The Labute approximate surface area is 145 Å². The van der Waals surface area contributed by atoms with E-state index >= 15 is 0 Å². The molecule has 1 amide bonds. The molecule has 0 bridgehead atoms. The van der Waals surface area contributed by atoms with Gasteiger partial charge in [-0.2, -0.15) is 0 Å². The summed E-state index contributed by atoms with van der Waals surface area (Å²) < 4.78 is 5.99. The molecule has 1 aromatic carbocycles. The SMILES string of the molecule is CNCCN(C)C(=O)CCC(=O)c1cc(Br)ccc1OC.Cl. The van der Waals surface area contributed by atoms with E-state index in [1.807, 2.05) is 13.1 Å². The minimum atomic E-state index is -0.0940. The second kappa shape index (κ2) is 10.6. The third-order valence-corrected chi connectivity index (χ3v) is 3.64. The first-order valence-electron chi connectivity index (χ1n) is 6.75. The third kappa shape index (κ3) is 6.34. The molecule has 0 spiro atoms. The quantitative estimate of drug-likeness (QED) is 0.690. The van der Waals surface area contributed by atoms with Crippen molar-refractivity contribution in [3.63, 3.8) is 0 Å². The molecule has 124 valence electrons. The van der Waals surface area contributed by atoms with Crippen LogP contribution in [-0.4, -0.2) is 50.9 Å². The first-order valence-corrected chi connectivity index (χ1v) is 7.54. The molecule has 0 aromatic heterocycles. The highest BCUT2D eigenvalue weighted by Crippen LogP contribution is 2.24. The molecule has 0 heterocycles. The summed E-state index contributed by atoms with van der Waals surface area (Å²) in [6.45, 7) is 1.36. The Morgan fingerprint density at radius 3 is 2.59 bits per heavy atom. The van der Waals surface area contributed by atoms with E-state index < -0.39 is 0 Å². The zero-order valence-electron chi connectivity index (χ0n) is 13.0. The Morgan fingerprint density at radius 2 is 2.00 bits per heavy atom. The van der Waals surface area contributed by atoms with Crippen molar-refractivity contribution in [1.82, 2.24) is 10.2 Å². The lowest BCUT2D eigenvalue weighted by atomic mass is 10.1. The van der Waals surface area contributed by atoms with Crippen LogP contribution in [0.15, 0.2) is 22.7 Å². The number of Topliss-reactive ketones (excluding diaryl/α,β-unsaturated/α-hetero) is 1. The van der Waals surface area contributed by atoms with Crippen molar-refractivity contribution in [3.8, 4) is 5.75 Å². The second-order valence-electron chi connectivity index (χ2n) is 4.69. The molecule has 22 heavy (non-hydrogen) atoms. The Hall–Kier alpha value is -1.11. The summed E-state index contributed by atoms with van der Waals surface area (Å²) in [6, 6.07) is 5.26. The first-order chi connectivity index (χ1) is 9.99. The lowest BCUT2D eigenvalue weighted by molar-refractivity contribution is -0.129. The van der Waals surface area contributed by atoms with E-state index in [0.717, 1.165) is 11.0 Å². The Bertz CT molecular complexity index is 512. The lowest BCUT2D eigenvalue weighted by Crippen LogP contribution is -2.32. The Balaban J connectivity index is 0.00000441. The van der Waals surface area contributed by atoms with Gasteiger partial charge in [0.25, 0.3) is 0 Å². The van der Waals surface area contributed by atoms with Gasteiger partial charge in [0.1, 0.15) is 5.75 Å². The summed E-state index contributed by atoms with van der Waals surface area (Å²) >= 11 is 3.34. The van der Waals surface area contributed by atoms with Crippen molar-refractivity contribution in [2.75, 3.05) is 34.3 Å². The average molecular weight is 394 g/mol. The average Bonchev–Trinajstić information content (AvgIpc) is 2.49. The largest absolute Gasteiger partial charge is 0.496 e. The molecule has 1 rings (SSSR count). The number of carbonyl (C=O) groups is 2. The van der Waals surface area contributed by atoms with Gasteiger partial charge in [-0.3, -0.25) is 9.59 Å². The van der Waals surface area contributed by atoms with Gasteiger partial charge in [0.2, 0.25) is 5.91 Å². The fraction of sp³-hybridized carbons (Fsp3) is 0.467. The van der Waals surface area contributed by atoms with Crippen LogP contribution in [0.3, 0.4) is 0 Å². The molecule has 1 aromatic rings. The van der Waals surface area contributed by atoms with E-state index in [4.69, 9.17) is 4.74 Å². The van der Waals surface area contributed by atoms with Gasteiger partial charge in [-0.05, 0) is 25.2 Å². The van der Waals surface area contributed by atoms with Gasteiger partial charge < -0.3 is 15.0 Å². The number of hydrogen-bond acceptors (Lipinski definition) is 4. The molecule has 0 aliphatic heterocycles. The Kier molecular flexibility index (Phi) is 10.1. The predicted molar refractivity (Wildman–Crippen MR) is 93.1 cm³/mol. The number of halogens is 2. The molecule has 1 N–H and O–H groups in total. The number of likely N-dealkylation sites (N-methyl/N-ethyl adjacent to an activating group) is 2. The molecule has 5 nitrogen and oxygen atoms in total. The zero-order valence-corrected chi connectivity index (χ0v) is 15.4. The van der Waals surface area contributed by atoms with Crippen molar-refractivity contribution in [3.05, 3.63) is 28.2 Å². The number of hydrogen-bond donors (Lipinski definition) is 1. The molecule has 0 saturated heterocycles. The molecule has 0 saturated carbocycles. The number of rotatable bonds is 8. The van der Waals surface area contributed by atoms with Crippen LogP contribution in [0.4, 0.5) is 0 Å². The zero-order chi connectivity index (χ0) is 15.8. The number of ether oxygens (including phenoxy) is 1. The van der Waals surface area contributed by atoms with E-state index in [9.17, 15) is 9.59 Å². The van der Waals surface area contributed by atoms with Crippen LogP contribution < -0.4 is 10.1 Å². The summed E-state index contributed by atoms with van der Waals surface area (Å²) in [6.07, 6.45) is 0.379. The van der Waals surface area contributed by atoms with Gasteiger partial charge in [-0.15, -0.1) is 12.4 Å². The van der Waals surface area contributed by atoms with Gasteiger partial charge in [-0.25, -0.2) is 0 Å². The molecule has 0 aliphatic rings. The highest BCUT2D eigenvalue weighted by atomic mass is 79.9. The number of carbonyl (C=O) groups excluding carboxylic acids is 2. The fourth-order valence-corrected chi connectivity index (χ4v) is 2.21. The van der Waals surface area contributed by atoms with Gasteiger partial charge >= 0.3 is 0 Å². The van der Waals surface area contributed by atoms with Crippen LogP contribution in [-0.2, 0) is 4.79 Å². The highest BCUT2D eigenvalue weighted by molar-refractivity contribution is 9.10. The predicted octanol–water partition coefficient (Wildman–Crippen LogP) is 2.52. The molecule has 7 heteroatoms. The lowest BCUT2D eigenvalue weighted by Gasteiger charge is -2.16. The molecule has 0 radical (unpaired) electrons. The van der Waals surface area contributed by atoms with E-state index in [0.29, 0.717) is 17.9 Å². The summed E-state index contributed by atoms with van der Waals surface area (Å²) in [5.41, 5.74) is 0.498. The highest BCUT2D eigenvalue weighted by Gasteiger charge is 2.16. The fourth-order valence-electron chi connectivity index (χ4n) is 1.85. The van der Waals surface area contributed by atoms with Crippen LogP contribution in [0, 0.1) is 0 Å². The number of nitrogens with zero attached hydrogens (tertiary/aromatic N) is 1. The van der Waals surface area contributed by atoms with E-state index in [1.165, 1.54) is 7.11 Å². The standard InChI is InChI=1S/C15H21BrN2O3.ClH/c1-17-8-9-18(2)15(20)7-5-13(19)12-10-11(16)4-6-14(12)21-3;/h4,6,10,17H,5,7-9H2,1-3H3;1H. The molecule has 0 fully saturated rings. The van der Waals surface area contributed by atoms with Crippen LogP contribution in [0.2, 0.25) is 0 Å². The number of methoxy groups -OCH3 is 1. The summed E-state index contributed by atoms with van der Waals surface area (Å²) in [4.78, 5) is 25.8. The van der Waals surface area contributed by atoms with E-state index in [-0.39, 0.29) is 36.9 Å². The van der Waals surface area contributed by atoms with Gasteiger partial charge in [0.15, 0.2) is 5.78 Å². The van der Waals surface area contributed by atoms with Crippen LogP contribution in [0.25, 0.3) is 0 Å². The van der Waals surface area contributed by atoms with Gasteiger partial charge in [0, 0.05) is 37.5 Å². The first kappa shape index (κ1) is 20.9. The maximum absolute atomic E-state index is 12.2. The van der Waals surface area contributed by atoms with Gasteiger partial charge in [0.05, 0.1) is 12.7 Å². The normalized spacial score (nSPS) is 9.82. The topological polar surface area (TPSA) is 58.6 Å². The molecule has 0 unspecified atom stereocenters. The van der Waals surface area contributed by atoms with Crippen molar-refractivity contribution in [2.45, 2.75) is 12.8 Å². The van der Waals surface area contributed by atoms with Crippen molar-refractivity contribution >= 4 is 40.0 Å². The number of benzene rings is 1. The maximum Gasteiger partial charge on any atom is 0.222 e. The van der Waals surface area contributed by atoms with Crippen LogP contribution in [0.1, 0.15) is 23.2 Å². The third-order valence-electron chi connectivity index (χ3n) is 3.15. The summed E-state index contributed by atoms with van der Waals surface area (Å²) in [5.74, 6) is 0.398. The minimum absolute atomic E-state index is 0. The van der Waals surface area contributed by atoms with E-state index in [1.54, 1.807) is 24.1 Å². The van der Waals surface area contributed by atoms with E-state index in [2.05, 4.69) is 21.2 Å². The minimum Gasteiger partial charge on any atom is -0.496 e. The van der Waals surface area contributed by atoms with Crippen molar-refractivity contribution in [2.24, 2.45) is 0 Å². The number of amides is 1. The molecular weight excluding hydrogens is 372 g/mol. The monoisotopic (exact) mass is 392 g/mol. The summed E-state index contributed by atoms with van der Waals surface area (Å²) in [5, 5.41) is 2.98. The van der Waals surface area contributed by atoms with Crippen molar-refractivity contribution in [1.29, 1.82) is 0 Å². The molecule has 0 atom stereocenters. The van der Waals surface area contributed by atoms with Crippen LogP contribution in [0.5, 0.6) is 5.75 Å². The smallest absolute Gasteiger partial charge is 0.222 e. The summed E-state index contributed by atoms with van der Waals surface area (Å²) in [7, 11) is 5.10. The van der Waals surface area contributed by atoms with Crippen molar-refractivity contribution < 1.29 is 14.3 Å². The second-order valence-corrected chi connectivity index (χ2v) is 5.60. The maximum atomic E-state index is 12.2. The molecular formula is C15H22BrClN2O3. The Morgan fingerprint density at radius 1 is 1.32 bits per heavy atom.